The first-order valence-electron chi connectivity index (χ1n) is 10.5. The zero-order valence-electron chi connectivity index (χ0n) is 17.8. The van der Waals surface area contributed by atoms with Gasteiger partial charge in [0.2, 0.25) is 6.36 Å². The van der Waals surface area contributed by atoms with Crippen molar-refractivity contribution in [3.8, 4) is 5.75 Å². The third-order valence-electron chi connectivity index (χ3n) is 5.17. The van der Waals surface area contributed by atoms with Crippen molar-refractivity contribution in [2.45, 2.75) is 44.9 Å². The Balaban J connectivity index is 1.55. The third kappa shape index (κ3) is 5.66. The summed E-state index contributed by atoms with van der Waals surface area (Å²) in [6, 6.07) is 7.27. The van der Waals surface area contributed by atoms with E-state index in [9.17, 15) is 13.2 Å². The smallest absolute Gasteiger partial charge is 0.232 e. The third-order valence-corrected chi connectivity index (χ3v) is 5.47. The van der Waals surface area contributed by atoms with Gasteiger partial charge in [-0.3, -0.25) is 0 Å². The molecule has 33 heavy (non-hydrogen) atoms. The minimum atomic E-state index is -2.81. The number of nitrogens with zero attached hydrogens (tertiary/aromatic N) is 2. The minimum absolute atomic E-state index is 0.0611. The van der Waals surface area contributed by atoms with Crippen molar-refractivity contribution in [3.63, 3.8) is 0 Å². The quantitative estimate of drug-likeness (QED) is 0.388. The Bertz CT molecular complexity index is 1140. The van der Waals surface area contributed by atoms with Crippen LogP contribution in [0.25, 0.3) is 10.9 Å². The van der Waals surface area contributed by atoms with Gasteiger partial charge < -0.3 is 19.9 Å². The van der Waals surface area contributed by atoms with Crippen LogP contribution < -0.4 is 10.1 Å². The molecule has 2 aromatic carbocycles. The summed E-state index contributed by atoms with van der Waals surface area (Å²) in [6.45, 7) is 2.43. The van der Waals surface area contributed by atoms with Gasteiger partial charge in [-0.15, -0.1) is 0 Å². The second-order valence-electron chi connectivity index (χ2n) is 7.79. The maximum atomic E-state index is 14.7. The van der Waals surface area contributed by atoms with E-state index in [2.05, 4.69) is 15.3 Å². The SMILES string of the molecule is Cc1nc(NCc2cccc(C(F)C(O)F)c2F)c2cc(OCCOC3CC3)c(Cl)cc2n1. The minimum Gasteiger partial charge on any atom is -0.490 e. The van der Waals surface area contributed by atoms with Crippen molar-refractivity contribution < 1.29 is 27.8 Å². The number of anilines is 1. The van der Waals surface area contributed by atoms with E-state index < -0.39 is 23.9 Å². The van der Waals surface area contributed by atoms with Crippen LogP contribution in [0.3, 0.4) is 0 Å². The molecule has 0 spiro atoms. The van der Waals surface area contributed by atoms with E-state index in [1.807, 2.05) is 0 Å². The molecule has 0 saturated heterocycles. The number of halogens is 4. The van der Waals surface area contributed by atoms with Gasteiger partial charge in [-0.1, -0.05) is 29.8 Å². The Morgan fingerprint density at radius 1 is 1.21 bits per heavy atom. The van der Waals surface area contributed by atoms with Gasteiger partial charge in [0.1, 0.15) is 29.8 Å². The van der Waals surface area contributed by atoms with Crippen LogP contribution in [0.15, 0.2) is 30.3 Å². The van der Waals surface area contributed by atoms with Gasteiger partial charge in [0.25, 0.3) is 0 Å². The Labute approximate surface area is 193 Å². The van der Waals surface area contributed by atoms with Crippen LogP contribution in [0.1, 0.15) is 36.0 Å². The van der Waals surface area contributed by atoms with Crippen molar-refractivity contribution in [1.82, 2.24) is 9.97 Å². The number of fused-ring (bicyclic) bond motifs is 1. The molecule has 1 saturated carbocycles. The van der Waals surface area contributed by atoms with Crippen LogP contribution in [0.2, 0.25) is 5.02 Å². The van der Waals surface area contributed by atoms with Gasteiger partial charge >= 0.3 is 0 Å². The first-order chi connectivity index (χ1) is 15.8. The number of benzene rings is 2. The summed E-state index contributed by atoms with van der Waals surface area (Å²) < 4.78 is 52.8. The van der Waals surface area contributed by atoms with Crippen LogP contribution in [0, 0.1) is 12.7 Å². The molecule has 0 aliphatic heterocycles. The number of rotatable bonds is 10. The van der Waals surface area contributed by atoms with Crippen molar-refractivity contribution in [2.24, 2.45) is 0 Å². The summed E-state index contributed by atoms with van der Waals surface area (Å²) >= 11 is 6.35. The Kier molecular flexibility index (Phi) is 7.21. The summed E-state index contributed by atoms with van der Waals surface area (Å²) in [5, 5.41) is 12.8. The van der Waals surface area contributed by atoms with Crippen LogP contribution in [-0.4, -0.2) is 40.7 Å². The molecule has 3 aromatic rings. The van der Waals surface area contributed by atoms with Gasteiger partial charge in [-0.2, -0.15) is 0 Å². The zero-order valence-corrected chi connectivity index (χ0v) is 18.6. The number of hydrogen-bond acceptors (Lipinski definition) is 6. The Hall–Kier alpha value is -2.62. The topological polar surface area (TPSA) is 76.5 Å². The molecule has 0 bridgehead atoms. The number of hydrogen-bond donors (Lipinski definition) is 2. The van der Waals surface area contributed by atoms with Crippen molar-refractivity contribution >= 4 is 28.3 Å². The zero-order chi connectivity index (χ0) is 23.5. The molecule has 4 rings (SSSR count). The number of aliphatic hydroxyl groups excluding tert-OH is 1. The van der Waals surface area contributed by atoms with E-state index in [4.69, 9.17) is 26.2 Å². The molecule has 0 amide bonds. The molecule has 2 unspecified atom stereocenters. The maximum Gasteiger partial charge on any atom is 0.232 e. The maximum absolute atomic E-state index is 14.7. The largest absolute Gasteiger partial charge is 0.490 e. The molecule has 6 nitrogen and oxygen atoms in total. The fourth-order valence-electron chi connectivity index (χ4n) is 3.37. The van der Waals surface area contributed by atoms with E-state index in [-0.39, 0.29) is 12.1 Å². The molecule has 0 radical (unpaired) electrons. The highest BCUT2D eigenvalue weighted by molar-refractivity contribution is 6.32. The van der Waals surface area contributed by atoms with Gasteiger partial charge in [0, 0.05) is 23.1 Å². The lowest BCUT2D eigenvalue weighted by molar-refractivity contribution is -0.0297. The Morgan fingerprint density at radius 2 is 2.00 bits per heavy atom. The second-order valence-corrected chi connectivity index (χ2v) is 8.19. The summed E-state index contributed by atoms with van der Waals surface area (Å²) in [5.74, 6) is 0.364. The Morgan fingerprint density at radius 3 is 2.73 bits per heavy atom. The van der Waals surface area contributed by atoms with Gasteiger partial charge in [0.05, 0.1) is 23.3 Å². The van der Waals surface area contributed by atoms with E-state index in [0.717, 1.165) is 18.9 Å². The number of aryl methyl sites for hydroxylation is 1. The lowest BCUT2D eigenvalue weighted by atomic mass is 10.1. The number of ether oxygens (including phenoxy) is 2. The van der Waals surface area contributed by atoms with Crippen molar-refractivity contribution in [1.29, 1.82) is 0 Å². The molecule has 176 valence electrons. The number of nitrogens with one attached hydrogen (secondary N) is 1. The van der Waals surface area contributed by atoms with Crippen molar-refractivity contribution in [2.75, 3.05) is 18.5 Å². The first kappa shape index (κ1) is 23.5. The highest BCUT2D eigenvalue weighted by atomic mass is 35.5. The van der Waals surface area contributed by atoms with E-state index >= 15 is 0 Å². The highest BCUT2D eigenvalue weighted by Crippen LogP contribution is 2.33. The standard InChI is InChI=1S/C23H23ClF3N3O3/c1-12-29-18-10-17(24)19(33-8-7-32-14-5-6-14)9-16(18)23(30-12)28-11-13-3-2-4-15(20(13)25)21(26)22(27)31/h2-4,9-10,14,21-22,31H,5-8,11H2,1H3,(H,28,29,30). The molecule has 10 heteroatoms. The predicted molar refractivity (Wildman–Crippen MR) is 118 cm³/mol. The van der Waals surface area contributed by atoms with Gasteiger partial charge in [0.15, 0.2) is 6.17 Å². The van der Waals surface area contributed by atoms with Gasteiger partial charge in [-0.05, 0) is 31.9 Å². The number of aromatic nitrogens is 2. The molecule has 1 aliphatic rings. The normalized spacial score (nSPS) is 15.5. The summed E-state index contributed by atoms with van der Waals surface area (Å²) in [4.78, 5) is 8.77. The average molecular weight is 482 g/mol. The summed E-state index contributed by atoms with van der Waals surface area (Å²) in [7, 11) is 0. The van der Waals surface area contributed by atoms with E-state index in [1.54, 1.807) is 19.1 Å². The van der Waals surface area contributed by atoms with Crippen LogP contribution in [0.4, 0.5) is 19.0 Å². The first-order valence-corrected chi connectivity index (χ1v) is 10.9. The molecule has 1 fully saturated rings. The monoisotopic (exact) mass is 481 g/mol. The second kappa shape index (κ2) is 10.1. The molecule has 2 N–H and O–H groups in total. The van der Waals surface area contributed by atoms with Gasteiger partial charge in [-0.25, -0.2) is 23.1 Å². The fraction of sp³-hybridized carbons (Fsp3) is 0.391. The molecular formula is C23H23ClF3N3O3. The average Bonchev–Trinajstić information content (AvgIpc) is 3.60. The lowest BCUT2D eigenvalue weighted by Gasteiger charge is -2.15. The lowest BCUT2D eigenvalue weighted by Crippen LogP contribution is -2.12. The fourth-order valence-corrected chi connectivity index (χ4v) is 3.58. The van der Waals surface area contributed by atoms with E-state index in [1.165, 1.54) is 12.1 Å². The number of alkyl halides is 2. The summed E-state index contributed by atoms with van der Waals surface area (Å²) in [6.07, 6.45) is -2.81. The summed E-state index contributed by atoms with van der Waals surface area (Å²) in [5.41, 5.74) is 0.0990. The van der Waals surface area contributed by atoms with Crippen molar-refractivity contribution in [3.05, 3.63) is 58.1 Å². The molecule has 1 heterocycles. The highest BCUT2D eigenvalue weighted by Gasteiger charge is 2.24. The molecular weight excluding hydrogens is 459 g/mol. The van der Waals surface area contributed by atoms with Crippen LogP contribution >= 0.6 is 11.6 Å². The number of aliphatic hydroxyl groups is 1. The molecule has 1 aliphatic carbocycles. The van der Waals surface area contributed by atoms with Crippen LogP contribution in [0.5, 0.6) is 5.75 Å². The molecule has 1 aromatic heterocycles. The predicted octanol–water partition coefficient (Wildman–Crippen LogP) is 5.20. The molecule has 2 atom stereocenters. The van der Waals surface area contributed by atoms with Crippen LogP contribution in [-0.2, 0) is 11.3 Å². The van der Waals surface area contributed by atoms with E-state index in [0.29, 0.717) is 52.6 Å².